The fraction of sp³-hybridized carbons (Fsp3) is 0.200. The van der Waals surface area contributed by atoms with Crippen molar-refractivity contribution in [1.29, 1.82) is 0 Å². The van der Waals surface area contributed by atoms with Crippen molar-refractivity contribution in [3.05, 3.63) is 95.1 Å². The SMILES string of the molecule is CC(C)(c1ccc(N)c(O)c1)c1ccc(N)c(O)c1.Nc1ccc(C(c2ccc(N)c(O)c2)(C(F)(F)F)C(F)(F)F)cc1O. The van der Waals surface area contributed by atoms with Gasteiger partial charge >= 0.3 is 12.4 Å². The topological polar surface area (TPSA) is 185 Å². The maximum Gasteiger partial charge on any atom is 0.411 e. The maximum absolute atomic E-state index is 13.8. The van der Waals surface area contributed by atoms with Crippen LogP contribution in [0.4, 0.5) is 49.1 Å². The van der Waals surface area contributed by atoms with Crippen LogP contribution >= 0.6 is 0 Å². The summed E-state index contributed by atoms with van der Waals surface area (Å²) in [5.74, 6) is -1.75. The smallest absolute Gasteiger partial charge is 0.411 e. The van der Waals surface area contributed by atoms with Crippen LogP contribution in [0.1, 0.15) is 36.1 Å². The average Bonchev–Trinajstić information content (AvgIpc) is 2.90. The van der Waals surface area contributed by atoms with Gasteiger partial charge in [-0.2, -0.15) is 26.3 Å². The van der Waals surface area contributed by atoms with Gasteiger partial charge in [0.15, 0.2) is 0 Å². The predicted molar refractivity (Wildman–Crippen MR) is 155 cm³/mol. The molecule has 44 heavy (non-hydrogen) atoms. The molecule has 14 heteroatoms. The molecule has 0 aliphatic heterocycles. The highest BCUT2D eigenvalue weighted by atomic mass is 19.4. The van der Waals surface area contributed by atoms with E-state index in [0.29, 0.717) is 35.6 Å². The first-order valence-corrected chi connectivity index (χ1v) is 12.6. The van der Waals surface area contributed by atoms with E-state index < -0.39 is 40.4 Å². The fourth-order valence-electron chi connectivity index (χ4n) is 4.57. The van der Waals surface area contributed by atoms with Crippen LogP contribution in [0.2, 0.25) is 0 Å². The quantitative estimate of drug-likeness (QED) is 0.0743. The van der Waals surface area contributed by atoms with Gasteiger partial charge in [-0.15, -0.1) is 0 Å². The zero-order valence-electron chi connectivity index (χ0n) is 23.3. The largest absolute Gasteiger partial charge is 0.506 e. The number of anilines is 4. The molecule has 0 saturated carbocycles. The molecule has 4 rings (SSSR count). The molecule has 0 aromatic heterocycles. The molecule has 0 fully saturated rings. The van der Waals surface area contributed by atoms with Gasteiger partial charge in [0.05, 0.1) is 22.7 Å². The lowest BCUT2D eigenvalue weighted by Gasteiger charge is -2.38. The van der Waals surface area contributed by atoms with E-state index in [9.17, 15) is 46.8 Å². The molecule has 8 nitrogen and oxygen atoms in total. The summed E-state index contributed by atoms with van der Waals surface area (Å²) >= 11 is 0. The number of hydrogen-bond donors (Lipinski definition) is 8. The number of benzene rings is 4. The molecule has 0 aliphatic rings. The molecule has 4 aromatic carbocycles. The van der Waals surface area contributed by atoms with E-state index in [1.807, 2.05) is 26.0 Å². The summed E-state index contributed by atoms with van der Waals surface area (Å²) in [6, 6.07) is 13.4. The number of phenolic OH excluding ortho intramolecular Hbond substituents is 4. The number of rotatable bonds is 4. The van der Waals surface area contributed by atoms with Gasteiger partial charge in [0, 0.05) is 5.41 Å². The van der Waals surface area contributed by atoms with Crippen molar-refractivity contribution in [2.24, 2.45) is 0 Å². The summed E-state index contributed by atoms with van der Waals surface area (Å²) in [4.78, 5) is 0. The van der Waals surface area contributed by atoms with Crippen LogP contribution in [0.15, 0.2) is 72.8 Å². The molecule has 0 unspecified atom stereocenters. The van der Waals surface area contributed by atoms with Crippen molar-refractivity contribution in [1.82, 2.24) is 0 Å². The number of hydrogen-bond acceptors (Lipinski definition) is 8. The molecule has 0 bridgehead atoms. The molecule has 0 amide bonds. The molecular weight excluding hydrogens is 594 g/mol. The van der Waals surface area contributed by atoms with E-state index >= 15 is 0 Å². The average molecular weight is 625 g/mol. The Morgan fingerprint density at radius 2 is 0.659 bits per heavy atom. The lowest BCUT2D eigenvalue weighted by atomic mass is 9.72. The van der Waals surface area contributed by atoms with Crippen LogP contribution in [0, 0.1) is 0 Å². The van der Waals surface area contributed by atoms with Gasteiger partial charge in [-0.3, -0.25) is 0 Å². The molecule has 0 atom stereocenters. The third-order valence-corrected chi connectivity index (χ3v) is 7.28. The normalized spacial score (nSPS) is 12.4. The van der Waals surface area contributed by atoms with Crippen LogP contribution in [-0.4, -0.2) is 32.8 Å². The Kier molecular flexibility index (Phi) is 8.73. The van der Waals surface area contributed by atoms with E-state index in [4.69, 9.17) is 22.9 Å². The van der Waals surface area contributed by atoms with Gasteiger partial charge in [-0.05, 0) is 70.8 Å². The van der Waals surface area contributed by atoms with Crippen LogP contribution < -0.4 is 22.9 Å². The minimum Gasteiger partial charge on any atom is -0.506 e. The molecule has 0 spiro atoms. The van der Waals surface area contributed by atoms with Crippen molar-refractivity contribution in [2.75, 3.05) is 22.9 Å². The second-order valence-corrected chi connectivity index (χ2v) is 10.5. The number of nitrogen functional groups attached to an aromatic ring is 4. The van der Waals surface area contributed by atoms with Crippen LogP contribution in [-0.2, 0) is 10.8 Å². The first kappa shape index (κ1) is 33.4. The molecule has 0 heterocycles. The second kappa shape index (κ2) is 11.5. The third kappa shape index (κ3) is 6.00. The van der Waals surface area contributed by atoms with Gasteiger partial charge in [0.1, 0.15) is 23.0 Å². The highest BCUT2D eigenvalue weighted by Crippen LogP contribution is 2.57. The van der Waals surface area contributed by atoms with Gasteiger partial charge in [-0.25, -0.2) is 0 Å². The van der Waals surface area contributed by atoms with Crippen molar-refractivity contribution in [3.8, 4) is 23.0 Å². The number of halogens is 6. The molecule has 236 valence electrons. The molecule has 0 radical (unpaired) electrons. The molecular formula is C30H30F6N4O4. The number of aromatic hydroxyl groups is 4. The summed E-state index contributed by atoms with van der Waals surface area (Å²) in [5, 5.41) is 38.5. The minimum absolute atomic E-state index is 0.0604. The Hall–Kier alpha value is -5.14. The van der Waals surface area contributed by atoms with Crippen molar-refractivity contribution < 1.29 is 46.8 Å². The standard InChI is InChI=1S/C15H12F6N2O2.C15H18N2O2/c16-14(17,18)13(15(19,20)21,7-1-3-9(22)11(24)5-7)8-2-4-10(23)12(25)6-8;1-15(2,9-3-5-11(16)13(18)7-9)10-4-6-12(17)14(19)8-10/h1-6,24-25H,22-23H2;3-8,18-19H,16-17H2,1-2H3. The lowest BCUT2D eigenvalue weighted by Crippen LogP contribution is -2.54. The van der Waals surface area contributed by atoms with Crippen LogP contribution in [0.5, 0.6) is 23.0 Å². The van der Waals surface area contributed by atoms with E-state index in [2.05, 4.69) is 0 Å². The monoisotopic (exact) mass is 624 g/mol. The van der Waals surface area contributed by atoms with Crippen molar-refractivity contribution in [3.63, 3.8) is 0 Å². The Labute approximate surface area is 247 Å². The molecule has 12 N–H and O–H groups in total. The zero-order valence-corrected chi connectivity index (χ0v) is 23.3. The Morgan fingerprint density at radius 3 is 0.886 bits per heavy atom. The van der Waals surface area contributed by atoms with Gasteiger partial charge in [-0.1, -0.05) is 38.1 Å². The first-order chi connectivity index (χ1) is 20.1. The highest BCUT2D eigenvalue weighted by Gasteiger charge is 2.72. The van der Waals surface area contributed by atoms with Gasteiger partial charge < -0.3 is 43.4 Å². The third-order valence-electron chi connectivity index (χ3n) is 7.28. The first-order valence-electron chi connectivity index (χ1n) is 12.6. The summed E-state index contributed by atoms with van der Waals surface area (Å²) in [6.07, 6.45) is -11.7. The van der Waals surface area contributed by atoms with E-state index in [-0.39, 0.29) is 28.3 Å². The number of phenols is 4. The second-order valence-electron chi connectivity index (χ2n) is 10.5. The van der Waals surface area contributed by atoms with Crippen molar-refractivity contribution >= 4 is 22.7 Å². The summed E-state index contributed by atoms with van der Waals surface area (Å²) < 4.78 is 82.6. The van der Waals surface area contributed by atoms with E-state index in [1.54, 1.807) is 24.3 Å². The lowest BCUT2D eigenvalue weighted by molar-refractivity contribution is -0.288. The van der Waals surface area contributed by atoms with Crippen LogP contribution in [0.25, 0.3) is 0 Å². The maximum atomic E-state index is 13.8. The Morgan fingerprint density at radius 1 is 0.432 bits per heavy atom. The highest BCUT2D eigenvalue weighted by molar-refractivity contribution is 5.61. The summed E-state index contributed by atoms with van der Waals surface area (Å²) in [7, 11) is 0. The van der Waals surface area contributed by atoms with Crippen molar-refractivity contribution in [2.45, 2.75) is 37.0 Å². The Bertz CT molecular complexity index is 1550. The fourth-order valence-corrected chi connectivity index (χ4v) is 4.57. The number of alkyl halides is 6. The predicted octanol–water partition coefficient (Wildman–Crippen LogP) is 6.26. The summed E-state index contributed by atoms with van der Waals surface area (Å²) in [5.41, 5.74) is 16.0. The molecule has 0 aliphatic carbocycles. The van der Waals surface area contributed by atoms with Gasteiger partial charge in [0.2, 0.25) is 5.41 Å². The van der Waals surface area contributed by atoms with E-state index in [1.165, 1.54) is 0 Å². The molecule has 0 saturated heterocycles. The zero-order chi connectivity index (χ0) is 33.4. The molecule has 4 aromatic rings. The van der Waals surface area contributed by atoms with E-state index in [0.717, 1.165) is 23.3 Å². The Balaban J connectivity index is 0.000000249. The van der Waals surface area contributed by atoms with Crippen LogP contribution in [0.3, 0.4) is 0 Å². The number of nitrogens with two attached hydrogens (primary N) is 4. The summed E-state index contributed by atoms with van der Waals surface area (Å²) in [6.45, 7) is 4.01. The van der Waals surface area contributed by atoms with Gasteiger partial charge in [0.25, 0.3) is 0 Å². The minimum atomic E-state index is -5.85.